The highest BCUT2D eigenvalue weighted by molar-refractivity contribution is 7.89. The van der Waals surface area contributed by atoms with E-state index in [4.69, 9.17) is 0 Å². The number of aromatic nitrogens is 2. The molecule has 0 spiro atoms. The lowest BCUT2D eigenvalue weighted by atomic mass is 10.1. The molecule has 1 aromatic carbocycles. The van der Waals surface area contributed by atoms with Crippen molar-refractivity contribution < 1.29 is 8.42 Å². The van der Waals surface area contributed by atoms with Crippen LogP contribution in [0.3, 0.4) is 0 Å². The van der Waals surface area contributed by atoms with Crippen molar-refractivity contribution in [3.8, 4) is 10.6 Å². The van der Waals surface area contributed by atoms with E-state index in [1.54, 1.807) is 28.2 Å². The zero-order valence-corrected chi connectivity index (χ0v) is 15.2. The van der Waals surface area contributed by atoms with Crippen LogP contribution in [0.5, 0.6) is 0 Å². The standard InChI is InChI=1S/C17H19N3O2S2/c1-13-5-6-15(12-14(13)2)24(21,22)18-8-10-20-9-7-16(19-20)17-4-3-11-23-17/h3-7,9,11-12,18H,8,10H2,1-2H3. The molecule has 0 radical (unpaired) electrons. The van der Waals surface area contributed by atoms with Gasteiger partial charge in [-0.3, -0.25) is 4.68 Å². The van der Waals surface area contributed by atoms with Crippen LogP contribution in [0.25, 0.3) is 10.6 Å². The van der Waals surface area contributed by atoms with E-state index in [1.165, 1.54) is 0 Å². The zero-order valence-electron chi connectivity index (χ0n) is 13.6. The van der Waals surface area contributed by atoms with E-state index in [-0.39, 0.29) is 0 Å². The molecule has 0 aliphatic heterocycles. The fourth-order valence-corrected chi connectivity index (χ4v) is 4.10. The van der Waals surface area contributed by atoms with E-state index in [9.17, 15) is 8.42 Å². The minimum absolute atomic E-state index is 0.292. The zero-order chi connectivity index (χ0) is 17.2. The molecule has 0 atom stereocenters. The smallest absolute Gasteiger partial charge is 0.240 e. The van der Waals surface area contributed by atoms with Crippen LogP contribution in [-0.4, -0.2) is 24.7 Å². The van der Waals surface area contributed by atoms with Crippen LogP contribution in [0.15, 0.2) is 52.9 Å². The highest BCUT2D eigenvalue weighted by Crippen LogP contribution is 2.22. The van der Waals surface area contributed by atoms with Crippen molar-refractivity contribution in [1.29, 1.82) is 0 Å². The van der Waals surface area contributed by atoms with Gasteiger partial charge in [0, 0.05) is 12.7 Å². The maximum absolute atomic E-state index is 12.3. The lowest BCUT2D eigenvalue weighted by Gasteiger charge is -2.09. The fourth-order valence-electron chi connectivity index (χ4n) is 2.30. The van der Waals surface area contributed by atoms with Gasteiger partial charge in [0.15, 0.2) is 0 Å². The third-order valence-corrected chi connectivity index (χ3v) is 6.19. The SMILES string of the molecule is Cc1ccc(S(=O)(=O)NCCn2ccc(-c3cccs3)n2)cc1C. The molecule has 0 saturated heterocycles. The van der Waals surface area contributed by atoms with Gasteiger partial charge in [0.1, 0.15) is 5.69 Å². The number of hydrogen-bond acceptors (Lipinski definition) is 4. The molecule has 0 bridgehead atoms. The Balaban J connectivity index is 1.62. The van der Waals surface area contributed by atoms with Crippen molar-refractivity contribution >= 4 is 21.4 Å². The first-order valence-corrected chi connectivity index (χ1v) is 9.96. The van der Waals surface area contributed by atoms with Crippen molar-refractivity contribution in [3.05, 3.63) is 59.1 Å². The summed E-state index contributed by atoms with van der Waals surface area (Å²) in [5, 5.41) is 6.47. The van der Waals surface area contributed by atoms with Gasteiger partial charge in [-0.15, -0.1) is 11.3 Å². The maximum Gasteiger partial charge on any atom is 0.240 e. The number of benzene rings is 1. The fraction of sp³-hybridized carbons (Fsp3) is 0.235. The van der Waals surface area contributed by atoms with Gasteiger partial charge in [-0.05, 0) is 54.6 Å². The van der Waals surface area contributed by atoms with Gasteiger partial charge in [0.05, 0.1) is 16.3 Å². The molecule has 24 heavy (non-hydrogen) atoms. The van der Waals surface area contributed by atoms with Crippen molar-refractivity contribution in [2.24, 2.45) is 0 Å². The summed E-state index contributed by atoms with van der Waals surface area (Å²) in [5.74, 6) is 0. The molecule has 3 aromatic rings. The van der Waals surface area contributed by atoms with Crippen LogP contribution in [0.1, 0.15) is 11.1 Å². The second kappa shape index (κ2) is 6.88. The molecule has 0 aliphatic carbocycles. The van der Waals surface area contributed by atoms with Crippen LogP contribution in [0.2, 0.25) is 0 Å². The Hall–Kier alpha value is -1.96. The van der Waals surface area contributed by atoms with E-state index in [0.717, 1.165) is 21.7 Å². The normalized spacial score (nSPS) is 11.8. The summed E-state index contributed by atoms with van der Waals surface area (Å²) in [6.07, 6.45) is 1.86. The number of sulfonamides is 1. The predicted molar refractivity (Wildman–Crippen MR) is 96.6 cm³/mol. The van der Waals surface area contributed by atoms with Gasteiger partial charge in [-0.2, -0.15) is 5.10 Å². The first-order chi connectivity index (χ1) is 11.5. The van der Waals surface area contributed by atoms with E-state index in [2.05, 4.69) is 9.82 Å². The van der Waals surface area contributed by atoms with E-state index < -0.39 is 10.0 Å². The Morgan fingerprint density at radius 2 is 2.00 bits per heavy atom. The van der Waals surface area contributed by atoms with E-state index in [1.807, 2.05) is 49.7 Å². The van der Waals surface area contributed by atoms with Crippen LogP contribution in [0, 0.1) is 13.8 Å². The van der Waals surface area contributed by atoms with Crippen molar-refractivity contribution in [1.82, 2.24) is 14.5 Å². The Kier molecular flexibility index (Phi) is 4.84. The van der Waals surface area contributed by atoms with Gasteiger partial charge in [-0.25, -0.2) is 13.1 Å². The molecule has 126 valence electrons. The van der Waals surface area contributed by atoms with Crippen LogP contribution in [-0.2, 0) is 16.6 Å². The number of rotatable bonds is 6. The highest BCUT2D eigenvalue weighted by Gasteiger charge is 2.14. The summed E-state index contributed by atoms with van der Waals surface area (Å²) in [7, 11) is -3.50. The van der Waals surface area contributed by atoms with Gasteiger partial charge in [0.25, 0.3) is 0 Å². The minimum Gasteiger partial charge on any atom is -0.271 e. The molecule has 7 heteroatoms. The number of thiophene rings is 1. The largest absolute Gasteiger partial charge is 0.271 e. The number of aryl methyl sites for hydroxylation is 2. The molecule has 0 amide bonds. The van der Waals surface area contributed by atoms with E-state index >= 15 is 0 Å². The highest BCUT2D eigenvalue weighted by atomic mass is 32.2. The summed E-state index contributed by atoms with van der Waals surface area (Å²) in [6, 6.07) is 11.1. The summed E-state index contributed by atoms with van der Waals surface area (Å²) in [6.45, 7) is 4.64. The van der Waals surface area contributed by atoms with Gasteiger partial charge >= 0.3 is 0 Å². The average Bonchev–Trinajstić information content (AvgIpc) is 3.20. The van der Waals surface area contributed by atoms with Crippen molar-refractivity contribution in [2.75, 3.05) is 6.54 Å². The lowest BCUT2D eigenvalue weighted by molar-refractivity contribution is 0.561. The van der Waals surface area contributed by atoms with Crippen molar-refractivity contribution in [2.45, 2.75) is 25.3 Å². The summed E-state index contributed by atoms with van der Waals surface area (Å²) >= 11 is 1.63. The van der Waals surface area contributed by atoms with Gasteiger partial charge in [0.2, 0.25) is 10.0 Å². The predicted octanol–water partition coefficient (Wildman–Crippen LogP) is 3.21. The molecule has 2 heterocycles. The molecule has 1 N–H and O–H groups in total. The lowest BCUT2D eigenvalue weighted by Crippen LogP contribution is -2.27. The van der Waals surface area contributed by atoms with Crippen LogP contribution >= 0.6 is 11.3 Å². The number of nitrogens with one attached hydrogen (secondary N) is 1. The number of nitrogens with zero attached hydrogens (tertiary/aromatic N) is 2. The minimum atomic E-state index is -3.50. The quantitative estimate of drug-likeness (QED) is 0.733. The van der Waals surface area contributed by atoms with Crippen molar-refractivity contribution in [3.63, 3.8) is 0 Å². The monoisotopic (exact) mass is 361 g/mol. The second-order valence-electron chi connectivity index (χ2n) is 5.59. The maximum atomic E-state index is 12.3. The van der Waals surface area contributed by atoms with Crippen LogP contribution in [0.4, 0.5) is 0 Å². The molecule has 0 aliphatic rings. The molecule has 0 unspecified atom stereocenters. The molecule has 5 nitrogen and oxygen atoms in total. The molecule has 3 rings (SSSR count). The van der Waals surface area contributed by atoms with Gasteiger partial charge in [-0.1, -0.05) is 12.1 Å². The van der Waals surface area contributed by atoms with Crippen LogP contribution < -0.4 is 4.72 Å². The Labute approximate surface area is 146 Å². The summed E-state index contributed by atoms with van der Waals surface area (Å²) in [4.78, 5) is 1.40. The first-order valence-electron chi connectivity index (χ1n) is 7.60. The Bertz CT molecular complexity index is 929. The van der Waals surface area contributed by atoms with E-state index in [0.29, 0.717) is 18.0 Å². The molecular formula is C17H19N3O2S2. The average molecular weight is 361 g/mol. The topological polar surface area (TPSA) is 64.0 Å². The Morgan fingerprint density at radius 1 is 1.17 bits per heavy atom. The molecular weight excluding hydrogens is 342 g/mol. The third kappa shape index (κ3) is 3.75. The summed E-state index contributed by atoms with van der Waals surface area (Å²) < 4.78 is 29.1. The van der Waals surface area contributed by atoms with Gasteiger partial charge < -0.3 is 0 Å². The Morgan fingerprint density at radius 3 is 2.71 bits per heavy atom. The second-order valence-corrected chi connectivity index (χ2v) is 8.30. The molecule has 2 aromatic heterocycles. The number of hydrogen-bond donors (Lipinski definition) is 1. The first kappa shape index (κ1) is 16.9. The molecule has 0 saturated carbocycles. The molecule has 0 fully saturated rings. The summed E-state index contributed by atoms with van der Waals surface area (Å²) in [5.41, 5.74) is 2.94. The third-order valence-electron chi connectivity index (χ3n) is 3.84.